The number of hydrogen-bond acceptors (Lipinski definition) is 13. The fraction of sp³-hybridized carbons (Fsp3) is 0.765. The number of alkyl carbamates (subject to hydrolysis) is 1. The van der Waals surface area contributed by atoms with Gasteiger partial charge in [0.2, 0.25) is 6.79 Å². The number of esters is 1. The van der Waals surface area contributed by atoms with Gasteiger partial charge < -0.3 is 49.8 Å². The Balaban J connectivity index is 1.87. The summed E-state index contributed by atoms with van der Waals surface area (Å²) in [5.41, 5.74) is -0.210. The van der Waals surface area contributed by atoms with E-state index in [1.54, 1.807) is 0 Å². The largest absolute Gasteiger partial charge is 0.424 e. The monoisotopic (exact) mass is 700 g/mol. The maximum atomic E-state index is 12.6. The van der Waals surface area contributed by atoms with E-state index in [9.17, 15) is 45.2 Å². The SMILES string of the molecule is CCCCCCCCCCCCCC[C@@H](C)[C@@H](O)C(CO[C@H]1OC(CO)[C@H](O)[C@H](O)C1O)NC(=O)OCOC(=O)c1ccc([N+](=O)[O-])cc1. The molecule has 1 aromatic carbocycles. The Bertz CT molecular complexity index is 1090. The molecule has 6 N–H and O–H groups in total. The predicted octanol–water partition coefficient (Wildman–Crippen LogP) is 3.71. The summed E-state index contributed by atoms with van der Waals surface area (Å²) in [6.07, 6.45) is 5.13. The van der Waals surface area contributed by atoms with Crippen LogP contribution in [0, 0.1) is 16.0 Å². The van der Waals surface area contributed by atoms with Crippen LogP contribution in [0.3, 0.4) is 0 Å². The first-order valence-electron chi connectivity index (χ1n) is 17.4. The van der Waals surface area contributed by atoms with Gasteiger partial charge in [-0.15, -0.1) is 0 Å². The van der Waals surface area contributed by atoms with Crippen molar-refractivity contribution in [2.24, 2.45) is 5.92 Å². The molecule has 0 aliphatic carbocycles. The Morgan fingerprint density at radius 1 is 0.898 bits per heavy atom. The van der Waals surface area contributed by atoms with Crippen LogP contribution in [0.1, 0.15) is 108 Å². The number of non-ortho nitro benzene ring substituents is 1. The van der Waals surface area contributed by atoms with E-state index < -0.39 is 79.8 Å². The van der Waals surface area contributed by atoms with Gasteiger partial charge in [-0.3, -0.25) is 10.1 Å². The summed E-state index contributed by atoms with van der Waals surface area (Å²) in [5, 5.41) is 64.4. The number of nitro groups is 1. The summed E-state index contributed by atoms with van der Waals surface area (Å²) >= 11 is 0. The molecule has 8 atom stereocenters. The molecule has 15 nitrogen and oxygen atoms in total. The minimum Gasteiger partial charge on any atom is -0.424 e. The highest BCUT2D eigenvalue weighted by Crippen LogP contribution is 2.24. The molecule has 1 aliphatic heterocycles. The van der Waals surface area contributed by atoms with Gasteiger partial charge in [0.05, 0.1) is 35.8 Å². The van der Waals surface area contributed by atoms with Gasteiger partial charge in [-0.2, -0.15) is 0 Å². The number of ether oxygens (including phenoxy) is 4. The fourth-order valence-electron chi connectivity index (χ4n) is 5.64. The molecule has 0 radical (unpaired) electrons. The average Bonchev–Trinajstić information content (AvgIpc) is 3.09. The normalized spacial score (nSPS) is 22.6. The van der Waals surface area contributed by atoms with Crippen LogP contribution in [-0.2, 0) is 18.9 Å². The van der Waals surface area contributed by atoms with Gasteiger partial charge in [0.25, 0.3) is 5.69 Å². The number of amides is 1. The summed E-state index contributed by atoms with van der Waals surface area (Å²) in [6.45, 7) is 2.17. The number of nitrogens with one attached hydrogen (secondary N) is 1. The van der Waals surface area contributed by atoms with Gasteiger partial charge in [-0.05, 0) is 24.5 Å². The van der Waals surface area contributed by atoms with Crippen molar-refractivity contribution in [1.29, 1.82) is 0 Å². The third kappa shape index (κ3) is 15.2. The van der Waals surface area contributed by atoms with Crippen molar-refractivity contribution in [3.8, 4) is 0 Å². The lowest BCUT2D eigenvalue weighted by Gasteiger charge is -2.40. The minimum atomic E-state index is -1.68. The highest BCUT2D eigenvalue weighted by atomic mass is 16.7. The van der Waals surface area contributed by atoms with E-state index >= 15 is 0 Å². The number of nitrogens with zero attached hydrogens (tertiary/aromatic N) is 1. The van der Waals surface area contributed by atoms with E-state index in [2.05, 4.69) is 12.2 Å². The molecule has 3 unspecified atom stereocenters. The lowest BCUT2D eigenvalue weighted by molar-refractivity contribution is -0.384. The number of hydrogen-bond donors (Lipinski definition) is 6. The summed E-state index contributed by atoms with van der Waals surface area (Å²) in [6, 6.07) is 3.55. The standard InChI is InChI=1S/C34H56N2O13/c1-3-4-5-6-7-8-9-10-11-12-13-14-15-23(2)28(38)26(21-46-33-31(41)30(40)29(39)27(20-37)49-33)35-34(43)48-22-47-32(42)24-16-18-25(19-17-24)36(44)45/h16-19,23,26-31,33,37-41H,3-15,20-22H2,1-2H3,(H,35,43)/t23-,26?,27?,28-,29+,30+,31?,33+/m1/s1. The zero-order valence-corrected chi connectivity index (χ0v) is 28.7. The number of rotatable bonds is 24. The van der Waals surface area contributed by atoms with Crippen LogP contribution in [0.15, 0.2) is 24.3 Å². The molecule has 1 aromatic rings. The first kappa shape index (κ1) is 42.2. The molecule has 49 heavy (non-hydrogen) atoms. The smallest absolute Gasteiger partial charge is 0.410 e. The number of aliphatic hydroxyl groups is 5. The highest BCUT2D eigenvalue weighted by Gasteiger charge is 2.44. The molecular formula is C34H56N2O13. The zero-order valence-electron chi connectivity index (χ0n) is 28.7. The van der Waals surface area contributed by atoms with Gasteiger partial charge in [-0.1, -0.05) is 90.9 Å². The second-order valence-corrected chi connectivity index (χ2v) is 12.7. The topological polar surface area (TPSA) is 227 Å². The third-order valence-electron chi connectivity index (χ3n) is 8.79. The van der Waals surface area contributed by atoms with Crippen LogP contribution >= 0.6 is 0 Å². The van der Waals surface area contributed by atoms with Crippen LogP contribution < -0.4 is 5.32 Å². The second kappa shape index (κ2) is 23.5. The van der Waals surface area contributed by atoms with E-state index in [1.165, 1.54) is 63.5 Å². The molecule has 15 heteroatoms. The maximum Gasteiger partial charge on any atom is 0.410 e. The lowest BCUT2D eigenvalue weighted by Crippen LogP contribution is -2.60. The van der Waals surface area contributed by atoms with Gasteiger partial charge in [0, 0.05) is 12.1 Å². The number of benzene rings is 1. The van der Waals surface area contributed by atoms with Crippen LogP contribution in [-0.4, -0.2) is 105 Å². The Labute approximate surface area is 288 Å². The van der Waals surface area contributed by atoms with Crippen molar-refractivity contribution in [3.05, 3.63) is 39.9 Å². The first-order valence-corrected chi connectivity index (χ1v) is 17.4. The van der Waals surface area contributed by atoms with Crippen LogP contribution in [0.2, 0.25) is 0 Å². The molecule has 0 spiro atoms. The Hall–Kier alpha value is -2.92. The highest BCUT2D eigenvalue weighted by molar-refractivity contribution is 5.89. The zero-order chi connectivity index (χ0) is 36.2. The van der Waals surface area contributed by atoms with Crippen molar-refractivity contribution in [2.45, 2.75) is 140 Å². The number of aliphatic hydroxyl groups excluding tert-OH is 5. The number of carbonyl (C=O) groups is 2. The van der Waals surface area contributed by atoms with E-state index in [0.29, 0.717) is 6.42 Å². The average molecular weight is 701 g/mol. The van der Waals surface area contributed by atoms with Crippen molar-refractivity contribution in [3.63, 3.8) is 0 Å². The summed E-state index contributed by atoms with van der Waals surface area (Å²) in [5.74, 6) is -1.19. The first-order chi connectivity index (χ1) is 23.5. The van der Waals surface area contributed by atoms with E-state index in [0.717, 1.165) is 37.8 Å². The van der Waals surface area contributed by atoms with Crippen LogP contribution in [0.25, 0.3) is 0 Å². The molecule has 1 heterocycles. The molecule has 0 saturated carbocycles. The lowest BCUT2D eigenvalue weighted by atomic mass is 9.92. The Morgan fingerprint density at radius 3 is 2.02 bits per heavy atom. The molecule has 0 bridgehead atoms. The molecule has 1 aliphatic rings. The Morgan fingerprint density at radius 2 is 1.47 bits per heavy atom. The molecule has 1 saturated heterocycles. The molecule has 2 rings (SSSR count). The van der Waals surface area contributed by atoms with Crippen LogP contribution in [0.4, 0.5) is 10.5 Å². The summed E-state index contributed by atoms with van der Waals surface area (Å²) < 4.78 is 20.9. The van der Waals surface area contributed by atoms with Crippen molar-refractivity contribution in [2.75, 3.05) is 20.0 Å². The summed E-state index contributed by atoms with van der Waals surface area (Å²) in [7, 11) is 0. The molecule has 1 fully saturated rings. The maximum absolute atomic E-state index is 12.6. The number of carbonyl (C=O) groups excluding carboxylic acids is 2. The molecule has 280 valence electrons. The van der Waals surface area contributed by atoms with E-state index in [-0.39, 0.29) is 17.2 Å². The van der Waals surface area contributed by atoms with Crippen molar-refractivity contribution < 1.29 is 59.0 Å². The van der Waals surface area contributed by atoms with E-state index in [1.807, 2.05) is 6.92 Å². The molecule has 0 aromatic heterocycles. The van der Waals surface area contributed by atoms with Gasteiger partial charge in [0.15, 0.2) is 6.29 Å². The van der Waals surface area contributed by atoms with Gasteiger partial charge in [-0.25, -0.2) is 9.59 Å². The molecular weight excluding hydrogens is 644 g/mol. The summed E-state index contributed by atoms with van der Waals surface area (Å²) in [4.78, 5) is 35.1. The van der Waals surface area contributed by atoms with Crippen LogP contribution in [0.5, 0.6) is 0 Å². The fourth-order valence-corrected chi connectivity index (χ4v) is 5.64. The third-order valence-corrected chi connectivity index (χ3v) is 8.79. The van der Waals surface area contributed by atoms with Crippen molar-refractivity contribution >= 4 is 17.7 Å². The quantitative estimate of drug-likeness (QED) is 0.0298. The van der Waals surface area contributed by atoms with Gasteiger partial charge in [0.1, 0.15) is 24.4 Å². The van der Waals surface area contributed by atoms with Crippen molar-refractivity contribution in [1.82, 2.24) is 5.32 Å². The number of nitro benzene ring substituents is 1. The molecule has 1 amide bonds. The predicted molar refractivity (Wildman–Crippen MR) is 177 cm³/mol. The van der Waals surface area contributed by atoms with E-state index in [4.69, 9.17) is 18.9 Å². The minimum absolute atomic E-state index is 0.00228. The number of unbranched alkanes of at least 4 members (excludes halogenated alkanes) is 11. The Kier molecular flexibility index (Phi) is 20.2. The second-order valence-electron chi connectivity index (χ2n) is 12.7. The van der Waals surface area contributed by atoms with Gasteiger partial charge >= 0.3 is 12.1 Å².